The van der Waals surface area contributed by atoms with Gasteiger partial charge in [-0.25, -0.2) is 14.6 Å². The van der Waals surface area contributed by atoms with Gasteiger partial charge in [0.25, 0.3) is 0 Å². The molecule has 1 aliphatic rings. The molecule has 3 rings (SSSR count). The Labute approximate surface area is 146 Å². The van der Waals surface area contributed by atoms with Crippen LogP contribution in [0.3, 0.4) is 0 Å². The third kappa shape index (κ3) is 3.50. The number of aryl methyl sites for hydroxylation is 1. The van der Waals surface area contributed by atoms with E-state index >= 15 is 0 Å². The normalized spacial score (nSPS) is 17.4. The summed E-state index contributed by atoms with van der Waals surface area (Å²) in [5.74, 6) is -0.365. The number of benzene rings is 1. The van der Waals surface area contributed by atoms with Crippen molar-refractivity contribution in [3.63, 3.8) is 0 Å². The Balaban J connectivity index is 1.74. The van der Waals surface area contributed by atoms with Crippen molar-refractivity contribution in [3.05, 3.63) is 47.5 Å². The molecule has 2 N–H and O–H groups in total. The summed E-state index contributed by atoms with van der Waals surface area (Å²) < 4.78 is 0. The van der Waals surface area contributed by atoms with E-state index in [9.17, 15) is 9.59 Å². The van der Waals surface area contributed by atoms with E-state index in [1.807, 2.05) is 30.3 Å². The molecule has 7 nitrogen and oxygen atoms in total. The molecule has 1 saturated heterocycles. The lowest BCUT2D eigenvalue weighted by molar-refractivity contribution is 0.0690. The number of aromatic carboxylic acids is 1. The zero-order chi connectivity index (χ0) is 18.0. The molecule has 1 atom stereocenters. The highest BCUT2D eigenvalue weighted by Crippen LogP contribution is 2.27. The number of amides is 2. The SMILES string of the molecule is Cc1[nH]c(C2CCCN(C(=O)N(C)c3ccccc3)C2)nc1C(=O)O. The first kappa shape index (κ1) is 17.0. The first-order valence-corrected chi connectivity index (χ1v) is 8.35. The van der Waals surface area contributed by atoms with E-state index in [2.05, 4.69) is 9.97 Å². The van der Waals surface area contributed by atoms with E-state index in [0.29, 0.717) is 24.6 Å². The Hall–Kier alpha value is -2.83. The van der Waals surface area contributed by atoms with Gasteiger partial charge in [-0.3, -0.25) is 4.90 Å². The molecule has 1 aromatic heterocycles. The average Bonchev–Trinajstić information content (AvgIpc) is 3.03. The maximum Gasteiger partial charge on any atom is 0.356 e. The monoisotopic (exact) mass is 342 g/mol. The molecule has 25 heavy (non-hydrogen) atoms. The number of urea groups is 1. The quantitative estimate of drug-likeness (QED) is 0.897. The smallest absolute Gasteiger partial charge is 0.356 e. The van der Waals surface area contributed by atoms with Crippen molar-refractivity contribution < 1.29 is 14.7 Å². The van der Waals surface area contributed by atoms with Crippen LogP contribution in [0.1, 0.15) is 40.8 Å². The molecule has 1 fully saturated rings. The predicted molar refractivity (Wildman–Crippen MR) is 94.1 cm³/mol. The molecule has 0 radical (unpaired) electrons. The van der Waals surface area contributed by atoms with E-state index in [1.165, 1.54) is 0 Å². The fraction of sp³-hybridized carbons (Fsp3) is 0.389. The molecule has 0 aliphatic carbocycles. The number of nitrogens with one attached hydrogen (secondary N) is 1. The van der Waals surface area contributed by atoms with Crippen molar-refractivity contribution in [2.75, 3.05) is 25.0 Å². The maximum absolute atomic E-state index is 12.8. The lowest BCUT2D eigenvalue weighted by Gasteiger charge is -2.34. The fourth-order valence-electron chi connectivity index (χ4n) is 3.23. The minimum absolute atomic E-state index is 0.0219. The number of carboxylic acids is 1. The Morgan fingerprint density at radius 3 is 2.68 bits per heavy atom. The summed E-state index contributed by atoms with van der Waals surface area (Å²) in [6, 6.07) is 9.45. The first-order valence-electron chi connectivity index (χ1n) is 8.35. The van der Waals surface area contributed by atoms with Gasteiger partial charge in [-0.1, -0.05) is 18.2 Å². The highest BCUT2D eigenvalue weighted by molar-refractivity contribution is 5.91. The number of rotatable bonds is 3. The van der Waals surface area contributed by atoms with Crippen LogP contribution in [-0.2, 0) is 0 Å². The molecule has 0 spiro atoms. The van der Waals surface area contributed by atoms with Gasteiger partial charge in [0.1, 0.15) is 5.82 Å². The number of hydrogen-bond donors (Lipinski definition) is 2. The number of nitrogens with zero attached hydrogens (tertiary/aromatic N) is 3. The number of para-hydroxylation sites is 1. The van der Waals surface area contributed by atoms with Crippen LogP contribution >= 0.6 is 0 Å². The summed E-state index contributed by atoms with van der Waals surface area (Å²) in [4.78, 5) is 34.7. The lowest BCUT2D eigenvalue weighted by atomic mass is 9.97. The average molecular weight is 342 g/mol. The molecule has 1 unspecified atom stereocenters. The van der Waals surface area contributed by atoms with Crippen molar-refractivity contribution >= 4 is 17.7 Å². The van der Waals surface area contributed by atoms with E-state index < -0.39 is 5.97 Å². The molecule has 0 saturated carbocycles. The second-order valence-corrected chi connectivity index (χ2v) is 6.36. The van der Waals surface area contributed by atoms with Crippen LogP contribution in [-0.4, -0.2) is 52.1 Å². The highest BCUT2D eigenvalue weighted by atomic mass is 16.4. The number of carboxylic acid groups (broad SMARTS) is 1. The summed E-state index contributed by atoms with van der Waals surface area (Å²) in [5.41, 5.74) is 1.45. The summed E-state index contributed by atoms with van der Waals surface area (Å²) in [5, 5.41) is 9.16. The van der Waals surface area contributed by atoms with Crippen LogP contribution < -0.4 is 4.90 Å². The molecule has 1 aromatic carbocycles. The Morgan fingerprint density at radius 2 is 2.04 bits per heavy atom. The Kier molecular flexibility index (Phi) is 4.74. The number of carbonyl (C=O) groups excluding carboxylic acids is 1. The van der Waals surface area contributed by atoms with Crippen molar-refractivity contribution in [2.24, 2.45) is 0 Å². The van der Waals surface area contributed by atoms with E-state index in [1.54, 1.807) is 23.8 Å². The van der Waals surface area contributed by atoms with Crippen molar-refractivity contribution in [2.45, 2.75) is 25.7 Å². The van der Waals surface area contributed by atoms with Crippen LogP contribution in [0.5, 0.6) is 0 Å². The number of hydrogen-bond acceptors (Lipinski definition) is 3. The molecule has 1 aliphatic heterocycles. The second-order valence-electron chi connectivity index (χ2n) is 6.36. The van der Waals surface area contributed by atoms with Gasteiger partial charge in [-0.2, -0.15) is 0 Å². The molecular formula is C18H22N4O3. The van der Waals surface area contributed by atoms with Crippen LogP contribution in [0, 0.1) is 6.92 Å². The number of H-pyrrole nitrogens is 1. The Morgan fingerprint density at radius 1 is 1.32 bits per heavy atom. The highest BCUT2D eigenvalue weighted by Gasteiger charge is 2.29. The minimum Gasteiger partial charge on any atom is -0.476 e. The predicted octanol–water partition coefficient (Wildman–Crippen LogP) is 2.85. The zero-order valence-electron chi connectivity index (χ0n) is 14.4. The third-order valence-corrected chi connectivity index (χ3v) is 4.61. The topological polar surface area (TPSA) is 89.5 Å². The largest absolute Gasteiger partial charge is 0.476 e. The molecule has 7 heteroatoms. The first-order chi connectivity index (χ1) is 12.0. The van der Waals surface area contributed by atoms with Gasteiger partial charge in [0.15, 0.2) is 5.69 Å². The van der Waals surface area contributed by atoms with Crippen LogP contribution in [0.4, 0.5) is 10.5 Å². The van der Waals surface area contributed by atoms with Gasteiger partial charge in [0, 0.05) is 37.4 Å². The van der Waals surface area contributed by atoms with Gasteiger partial charge in [-0.15, -0.1) is 0 Å². The number of carbonyl (C=O) groups is 2. The number of aromatic nitrogens is 2. The number of imidazole rings is 1. The van der Waals surface area contributed by atoms with Crippen LogP contribution in [0.2, 0.25) is 0 Å². The summed E-state index contributed by atoms with van der Waals surface area (Å²) >= 11 is 0. The van der Waals surface area contributed by atoms with Crippen LogP contribution in [0.15, 0.2) is 30.3 Å². The summed E-state index contributed by atoms with van der Waals surface area (Å²) in [6.07, 6.45) is 1.74. The standard InChI is InChI=1S/C18H22N4O3/c1-12-15(17(23)24)20-16(19-12)13-7-6-10-22(11-13)18(25)21(2)14-8-4-3-5-9-14/h3-5,8-9,13H,6-7,10-11H2,1-2H3,(H,19,20)(H,23,24). The molecular weight excluding hydrogens is 320 g/mol. The summed E-state index contributed by atoms with van der Waals surface area (Å²) in [7, 11) is 1.76. The van der Waals surface area contributed by atoms with E-state index in [-0.39, 0.29) is 17.6 Å². The minimum atomic E-state index is -1.03. The van der Waals surface area contributed by atoms with Crippen LogP contribution in [0.25, 0.3) is 0 Å². The van der Waals surface area contributed by atoms with E-state index in [0.717, 1.165) is 18.5 Å². The summed E-state index contributed by atoms with van der Waals surface area (Å²) in [6.45, 7) is 2.93. The van der Waals surface area contributed by atoms with Gasteiger partial charge < -0.3 is 15.0 Å². The van der Waals surface area contributed by atoms with Gasteiger partial charge in [0.2, 0.25) is 0 Å². The van der Waals surface area contributed by atoms with Gasteiger partial charge in [0.05, 0.1) is 0 Å². The van der Waals surface area contributed by atoms with Gasteiger partial charge >= 0.3 is 12.0 Å². The molecule has 0 bridgehead atoms. The van der Waals surface area contributed by atoms with Crippen molar-refractivity contribution in [1.82, 2.24) is 14.9 Å². The molecule has 132 valence electrons. The van der Waals surface area contributed by atoms with Gasteiger partial charge in [-0.05, 0) is 31.9 Å². The second kappa shape index (κ2) is 6.96. The van der Waals surface area contributed by atoms with Crippen molar-refractivity contribution in [1.29, 1.82) is 0 Å². The Bertz CT molecular complexity index is 772. The third-order valence-electron chi connectivity index (χ3n) is 4.61. The fourth-order valence-corrected chi connectivity index (χ4v) is 3.23. The van der Waals surface area contributed by atoms with Crippen molar-refractivity contribution in [3.8, 4) is 0 Å². The zero-order valence-corrected chi connectivity index (χ0v) is 14.4. The lowest BCUT2D eigenvalue weighted by Crippen LogP contribution is -2.46. The number of aromatic amines is 1. The molecule has 2 heterocycles. The number of likely N-dealkylation sites (tertiary alicyclic amines) is 1. The number of piperidine rings is 1. The maximum atomic E-state index is 12.8. The molecule has 2 amide bonds. The van der Waals surface area contributed by atoms with E-state index in [4.69, 9.17) is 5.11 Å². The molecule has 2 aromatic rings. The number of anilines is 1.